The van der Waals surface area contributed by atoms with Crippen LogP contribution in [0.3, 0.4) is 0 Å². The lowest BCUT2D eigenvalue weighted by molar-refractivity contribution is -0.110. The van der Waals surface area contributed by atoms with Crippen LogP contribution in [0.2, 0.25) is 0 Å². The average molecular weight is 441 g/mol. The summed E-state index contributed by atoms with van der Waals surface area (Å²) in [4.78, 5) is 32.3. The molecule has 2 amide bonds. The Morgan fingerprint density at radius 2 is 1.87 bits per heavy atom. The van der Waals surface area contributed by atoms with E-state index in [9.17, 15) is 9.59 Å². The number of fused-ring (bicyclic) bond motifs is 1. The Kier molecular flexibility index (Phi) is 7.28. The maximum atomic E-state index is 12.8. The number of benzene rings is 1. The molecule has 7 heteroatoms. The highest BCUT2D eigenvalue weighted by atomic mass is 32.2. The topological polar surface area (TPSA) is 77.2 Å². The number of nitrogens with zero attached hydrogens (tertiary/aromatic N) is 1. The van der Waals surface area contributed by atoms with Crippen molar-refractivity contribution in [3.8, 4) is 0 Å². The van der Waals surface area contributed by atoms with Crippen LogP contribution in [0.15, 0.2) is 17.0 Å². The molecule has 166 valence electrons. The zero-order chi connectivity index (χ0) is 22.7. The average Bonchev–Trinajstić information content (AvgIpc) is 3.21. The van der Waals surface area contributed by atoms with Gasteiger partial charge in [0, 0.05) is 40.6 Å². The van der Waals surface area contributed by atoms with Gasteiger partial charge in [-0.25, -0.2) is 0 Å². The van der Waals surface area contributed by atoms with Gasteiger partial charge < -0.3 is 20.5 Å². The lowest BCUT2D eigenvalue weighted by atomic mass is 9.99. The Bertz CT molecular complexity index is 1030. The zero-order valence-corrected chi connectivity index (χ0v) is 20.0. The molecular weight excluding hydrogens is 408 g/mol. The molecule has 0 saturated carbocycles. The summed E-state index contributed by atoms with van der Waals surface area (Å²) in [6.45, 7) is 13.5. The fraction of sp³-hybridized carbons (Fsp3) is 0.417. The number of rotatable bonds is 8. The van der Waals surface area contributed by atoms with Gasteiger partial charge in [-0.3, -0.25) is 9.59 Å². The lowest BCUT2D eigenvalue weighted by Gasteiger charge is -2.18. The summed E-state index contributed by atoms with van der Waals surface area (Å²) >= 11 is 1.67. The first-order valence-electron chi connectivity index (χ1n) is 10.7. The highest BCUT2D eigenvalue weighted by Crippen LogP contribution is 2.39. The number of anilines is 1. The maximum Gasteiger partial charge on any atom is 0.256 e. The van der Waals surface area contributed by atoms with E-state index in [1.807, 2.05) is 45.2 Å². The number of hydrogen-bond donors (Lipinski definition) is 3. The van der Waals surface area contributed by atoms with E-state index in [-0.39, 0.29) is 11.8 Å². The first-order chi connectivity index (χ1) is 14.8. The molecule has 0 atom stereocenters. The van der Waals surface area contributed by atoms with Gasteiger partial charge in [0.1, 0.15) is 0 Å². The number of thioether (sulfide) groups is 1. The molecule has 0 saturated heterocycles. The normalized spacial score (nSPS) is 14.3. The predicted octanol–water partition coefficient (Wildman–Crippen LogP) is 4.23. The minimum atomic E-state index is -0.117. The second-order valence-electron chi connectivity index (χ2n) is 7.77. The van der Waals surface area contributed by atoms with E-state index in [0.717, 1.165) is 58.3 Å². The molecule has 1 aliphatic rings. The molecule has 0 fully saturated rings. The zero-order valence-electron chi connectivity index (χ0n) is 19.2. The van der Waals surface area contributed by atoms with Crippen molar-refractivity contribution in [1.29, 1.82) is 0 Å². The van der Waals surface area contributed by atoms with Crippen molar-refractivity contribution < 1.29 is 9.59 Å². The summed E-state index contributed by atoms with van der Waals surface area (Å²) in [5.74, 6) is -0.201. The van der Waals surface area contributed by atoms with Crippen LogP contribution in [0.4, 0.5) is 5.69 Å². The van der Waals surface area contributed by atoms with Gasteiger partial charge in [-0.15, -0.1) is 11.8 Å². The number of amides is 2. The standard InChI is InChI=1S/C24H32N4O2S/c1-7-28(8-2)12-11-25-24(30)21-14(3)19(26-16(21)5)13-17-22-15(4)20(31-6)10-9-18(22)27-23(17)29/h9-10,13,26H,7-8,11-12H2,1-6H3,(H,25,30)(H,27,29)/b17-13-. The van der Waals surface area contributed by atoms with Gasteiger partial charge in [-0.1, -0.05) is 13.8 Å². The van der Waals surface area contributed by atoms with Crippen LogP contribution < -0.4 is 10.6 Å². The van der Waals surface area contributed by atoms with Gasteiger partial charge in [-0.2, -0.15) is 0 Å². The Balaban J connectivity index is 1.89. The molecule has 2 heterocycles. The van der Waals surface area contributed by atoms with Crippen LogP contribution in [-0.2, 0) is 4.79 Å². The van der Waals surface area contributed by atoms with Crippen LogP contribution in [0.25, 0.3) is 11.6 Å². The van der Waals surface area contributed by atoms with Crippen molar-refractivity contribution in [1.82, 2.24) is 15.2 Å². The summed E-state index contributed by atoms with van der Waals surface area (Å²) in [7, 11) is 0. The Morgan fingerprint density at radius 1 is 1.16 bits per heavy atom. The van der Waals surface area contributed by atoms with E-state index in [2.05, 4.69) is 34.4 Å². The van der Waals surface area contributed by atoms with Crippen molar-refractivity contribution in [2.75, 3.05) is 37.8 Å². The molecule has 0 aliphatic carbocycles. The van der Waals surface area contributed by atoms with Gasteiger partial charge in [0.25, 0.3) is 11.8 Å². The molecule has 0 bridgehead atoms. The van der Waals surface area contributed by atoms with Crippen molar-refractivity contribution >= 4 is 40.9 Å². The second-order valence-corrected chi connectivity index (χ2v) is 8.62. The fourth-order valence-electron chi connectivity index (χ4n) is 4.17. The van der Waals surface area contributed by atoms with Gasteiger partial charge >= 0.3 is 0 Å². The van der Waals surface area contributed by atoms with E-state index in [1.54, 1.807) is 11.8 Å². The third kappa shape index (κ3) is 4.57. The summed E-state index contributed by atoms with van der Waals surface area (Å²) in [5, 5.41) is 5.99. The number of carbonyl (C=O) groups excluding carboxylic acids is 2. The van der Waals surface area contributed by atoms with E-state index < -0.39 is 0 Å². The third-order valence-electron chi connectivity index (χ3n) is 6.00. The first kappa shape index (κ1) is 23.2. The lowest BCUT2D eigenvalue weighted by Crippen LogP contribution is -2.35. The molecule has 0 spiro atoms. The molecular formula is C24H32N4O2S. The van der Waals surface area contributed by atoms with Crippen molar-refractivity contribution in [3.63, 3.8) is 0 Å². The van der Waals surface area contributed by atoms with E-state index in [0.29, 0.717) is 17.7 Å². The molecule has 3 N–H and O–H groups in total. The smallest absolute Gasteiger partial charge is 0.256 e. The second kappa shape index (κ2) is 9.75. The largest absolute Gasteiger partial charge is 0.358 e. The Hall–Kier alpha value is -2.51. The van der Waals surface area contributed by atoms with E-state index in [1.165, 1.54) is 0 Å². The van der Waals surface area contributed by atoms with Crippen molar-refractivity contribution in [2.45, 2.75) is 39.5 Å². The summed E-state index contributed by atoms with van der Waals surface area (Å²) in [6.07, 6.45) is 3.90. The number of hydrogen-bond acceptors (Lipinski definition) is 4. The molecule has 3 rings (SSSR count). The minimum absolute atomic E-state index is 0.0832. The Labute approximate surface area is 188 Å². The molecule has 1 aliphatic heterocycles. The number of H-pyrrole nitrogens is 1. The van der Waals surface area contributed by atoms with Crippen molar-refractivity contribution in [2.24, 2.45) is 0 Å². The number of nitrogens with one attached hydrogen (secondary N) is 3. The molecule has 0 radical (unpaired) electrons. The van der Waals surface area contributed by atoms with Crippen LogP contribution in [0.1, 0.15) is 52.3 Å². The molecule has 6 nitrogen and oxygen atoms in total. The van der Waals surface area contributed by atoms with Crippen LogP contribution >= 0.6 is 11.8 Å². The molecule has 1 aromatic carbocycles. The SMILES string of the molecule is CCN(CC)CCNC(=O)c1c(C)[nH]c(/C=C2\C(=O)Nc3ccc(SC)c(C)c32)c1C. The highest BCUT2D eigenvalue weighted by Gasteiger charge is 2.28. The van der Waals surface area contributed by atoms with Gasteiger partial charge in [0.15, 0.2) is 0 Å². The number of likely N-dealkylation sites (N-methyl/N-ethyl adjacent to an activating group) is 1. The predicted molar refractivity (Wildman–Crippen MR) is 130 cm³/mol. The summed E-state index contributed by atoms with van der Waals surface area (Å²) in [5.41, 5.74) is 6.59. The first-order valence-corrected chi connectivity index (χ1v) is 11.9. The molecule has 31 heavy (non-hydrogen) atoms. The van der Waals surface area contributed by atoms with Crippen LogP contribution in [-0.4, -0.2) is 54.1 Å². The monoisotopic (exact) mass is 440 g/mol. The minimum Gasteiger partial charge on any atom is -0.358 e. The number of carbonyl (C=O) groups is 2. The maximum absolute atomic E-state index is 12.8. The quantitative estimate of drug-likeness (QED) is 0.424. The van der Waals surface area contributed by atoms with E-state index >= 15 is 0 Å². The molecule has 1 aromatic heterocycles. The van der Waals surface area contributed by atoms with Crippen LogP contribution in [0.5, 0.6) is 0 Å². The number of aromatic amines is 1. The van der Waals surface area contributed by atoms with Gasteiger partial charge in [-0.05, 0) is 69.5 Å². The molecule has 2 aromatic rings. The van der Waals surface area contributed by atoms with E-state index in [4.69, 9.17) is 0 Å². The molecule has 0 unspecified atom stereocenters. The fourth-order valence-corrected chi connectivity index (χ4v) is 4.78. The van der Waals surface area contributed by atoms with Gasteiger partial charge in [0.05, 0.1) is 11.1 Å². The van der Waals surface area contributed by atoms with Crippen LogP contribution in [0, 0.1) is 20.8 Å². The number of aromatic nitrogens is 1. The number of aryl methyl sites for hydroxylation is 1. The summed E-state index contributed by atoms with van der Waals surface area (Å²) in [6, 6.07) is 3.99. The highest BCUT2D eigenvalue weighted by molar-refractivity contribution is 7.98. The van der Waals surface area contributed by atoms with Crippen molar-refractivity contribution in [3.05, 3.63) is 45.8 Å². The third-order valence-corrected chi connectivity index (χ3v) is 6.88. The summed E-state index contributed by atoms with van der Waals surface area (Å²) < 4.78 is 0. The van der Waals surface area contributed by atoms with Gasteiger partial charge in [0.2, 0.25) is 0 Å². The Morgan fingerprint density at radius 3 is 2.52 bits per heavy atom.